The minimum atomic E-state index is 0.510. The molecule has 0 aliphatic rings. The lowest BCUT2D eigenvalue weighted by molar-refractivity contribution is 0.662. The first-order valence-electron chi connectivity index (χ1n) is 4.99. The van der Waals surface area contributed by atoms with Crippen molar-refractivity contribution in [1.29, 1.82) is 0 Å². The molecule has 0 saturated carbocycles. The van der Waals surface area contributed by atoms with E-state index in [1.54, 1.807) is 0 Å². The van der Waals surface area contributed by atoms with E-state index in [9.17, 15) is 0 Å². The fourth-order valence-electron chi connectivity index (χ4n) is 1.17. The molecule has 1 aromatic heterocycles. The van der Waals surface area contributed by atoms with E-state index in [-0.39, 0.29) is 0 Å². The minimum absolute atomic E-state index is 0.510. The summed E-state index contributed by atoms with van der Waals surface area (Å²) in [5, 5.41) is 10.6. The summed E-state index contributed by atoms with van der Waals surface area (Å²) in [6, 6.07) is 2.13. The van der Waals surface area contributed by atoms with Gasteiger partial charge in [0, 0.05) is 12.2 Å². The van der Waals surface area contributed by atoms with E-state index < -0.39 is 0 Å². The van der Waals surface area contributed by atoms with E-state index in [1.165, 1.54) is 12.1 Å². The van der Waals surface area contributed by atoms with Crippen LogP contribution in [0.3, 0.4) is 0 Å². The first-order valence-corrected chi connectivity index (χ1v) is 4.99. The maximum atomic E-state index is 4.23. The second kappa shape index (κ2) is 5.02. The third-order valence-corrected chi connectivity index (χ3v) is 1.98. The molecule has 0 spiro atoms. The highest BCUT2D eigenvalue weighted by atomic mass is 15.1. The van der Waals surface area contributed by atoms with Crippen LogP contribution in [0.1, 0.15) is 44.5 Å². The summed E-state index contributed by atoms with van der Waals surface area (Å²) in [5.74, 6) is 0.510. The van der Waals surface area contributed by atoms with E-state index in [4.69, 9.17) is 0 Å². The standard InChI is InChI=1S/C10H19N3/c1-4-5-11-7-9-6-10(8(2)3)13-12-9/h6,8,11H,4-5,7H2,1-3H3,(H,12,13). The molecule has 13 heavy (non-hydrogen) atoms. The molecule has 2 N–H and O–H groups in total. The Morgan fingerprint density at radius 1 is 1.54 bits per heavy atom. The van der Waals surface area contributed by atoms with E-state index in [1.807, 2.05) is 0 Å². The largest absolute Gasteiger partial charge is 0.311 e. The van der Waals surface area contributed by atoms with Crippen molar-refractivity contribution >= 4 is 0 Å². The predicted molar refractivity (Wildman–Crippen MR) is 54.7 cm³/mol. The Morgan fingerprint density at radius 2 is 2.31 bits per heavy atom. The maximum Gasteiger partial charge on any atom is 0.0650 e. The van der Waals surface area contributed by atoms with Gasteiger partial charge in [-0.25, -0.2) is 0 Å². The summed E-state index contributed by atoms with van der Waals surface area (Å²) in [6.45, 7) is 8.43. The monoisotopic (exact) mass is 181 g/mol. The molecule has 3 heteroatoms. The Balaban J connectivity index is 2.40. The van der Waals surface area contributed by atoms with Gasteiger partial charge >= 0.3 is 0 Å². The fraction of sp³-hybridized carbons (Fsp3) is 0.700. The normalized spacial score (nSPS) is 11.1. The maximum absolute atomic E-state index is 4.23. The Kier molecular flexibility index (Phi) is 3.96. The molecular formula is C10H19N3. The molecule has 0 fully saturated rings. The Labute approximate surface area is 79.9 Å². The van der Waals surface area contributed by atoms with Gasteiger partial charge in [-0.15, -0.1) is 0 Å². The minimum Gasteiger partial charge on any atom is -0.311 e. The average Bonchev–Trinajstić information content (AvgIpc) is 2.53. The first-order chi connectivity index (χ1) is 6.24. The van der Waals surface area contributed by atoms with Crippen molar-refractivity contribution in [3.63, 3.8) is 0 Å². The fourth-order valence-corrected chi connectivity index (χ4v) is 1.17. The number of aromatic nitrogens is 2. The van der Waals surface area contributed by atoms with Crippen molar-refractivity contribution in [2.24, 2.45) is 0 Å². The molecule has 74 valence electrons. The molecule has 0 saturated heterocycles. The molecule has 3 nitrogen and oxygen atoms in total. The number of hydrogen-bond acceptors (Lipinski definition) is 2. The molecular weight excluding hydrogens is 162 g/mol. The lowest BCUT2D eigenvalue weighted by Gasteiger charge is -1.98. The molecule has 0 aliphatic heterocycles. The Hall–Kier alpha value is -0.830. The number of H-pyrrole nitrogens is 1. The van der Waals surface area contributed by atoms with Crippen LogP contribution in [0.5, 0.6) is 0 Å². The van der Waals surface area contributed by atoms with Gasteiger partial charge in [0.1, 0.15) is 0 Å². The highest BCUT2D eigenvalue weighted by Crippen LogP contribution is 2.11. The van der Waals surface area contributed by atoms with Gasteiger partial charge in [0.2, 0.25) is 0 Å². The van der Waals surface area contributed by atoms with Crippen LogP contribution in [0, 0.1) is 0 Å². The van der Waals surface area contributed by atoms with Crippen molar-refractivity contribution in [1.82, 2.24) is 15.5 Å². The van der Waals surface area contributed by atoms with Crippen LogP contribution < -0.4 is 5.32 Å². The number of nitrogens with zero attached hydrogens (tertiary/aromatic N) is 1. The zero-order chi connectivity index (χ0) is 9.68. The Bertz CT molecular complexity index is 240. The van der Waals surface area contributed by atoms with Gasteiger partial charge in [0.05, 0.1) is 5.69 Å². The van der Waals surface area contributed by atoms with Crippen LogP contribution in [-0.2, 0) is 6.54 Å². The van der Waals surface area contributed by atoms with Crippen LogP contribution in [0.15, 0.2) is 6.07 Å². The highest BCUT2D eigenvalue weighted by molar-refractivity contribution is 5.11. The smallest absolute Gasteiger partial charge is 0.0650 e. The predicted octanol–water partition coefficient (Wildman–Crippen LogP) is 2.03. The molecule has 0 radical (unpaired) electrons. The van der Waals surface area contributed by atoms with Gasteiger partial charge in [-0.05, 0) is 24.9 Å². The third-order valence-electron chi connectivity index (χ3n) is 1.98. The number of rotatable bonds is 5. The quantitative estimate of drug-likeness (QED) is 0.682. The second-order valence-electron chi connectivity index (χ2n) is 3.65. The zero-order valence-electron chi connectivity index (χ0n) is 8.72. The average molecular weight is 181 g/mol. The summed E-state index contributed by atoms with van der Waals surface area (Å²) in [7, 11) is 0. The summed E-state index contributed by atoms with van der Waals surface area (Å²) in [6.07, 6.45) is 1.17. The molecule has 0 bridgehead atoms. The van der Waals surface area contributed by atoms with E-state index >= 15 is 0 Å². The third kappa shape index (κ3) is 3.19. The van der Waals surface area contributed by atoms with Crippen molar-refractivity contribution in [3.8, 4) is 0 Å². The summed E-state index contributed by atoms with van der Waals surface area (Å²) in [5.41, 5.74) is 2.32. The van der Waals surface area contributed by atoms with Crippen molar-refractivity contribution < 1.29 is 0 Å². The van der Waals surface area contributed by atoms with E-state index in [0.717, 1.165) is 18.8 Å². The molecule has 0 amide bonds. The van der Waals surface area contributed by atoms with E-state index in [2.05, 4.69) is 42.4 Å². The van der Waals surface area contributed by atoms with Crippen molar-refractivity contribution in [2.75, 3.05) is 6.54 Å². The number of nitrogens with one attached hydrogen (secondary N) is 2. The van der Waals surface area contributed by atoms with Crippen LogP contribution in [0.25, 0.3) is 0 Å². The van der Waals surface area contributed by atoms with Crippen molar-refractivity contribution in [2.45, 2.75) is 39.7 Å². The van der Waals surface area contributed by atoms with E-state index in [0.29, 0.717) is 5.92 Å². The summed E-state index contributed by atoms with van der Waals surface area (Å²) < 4.78 is 0. The molecule has 1 rings (SSSR count). The molecule has 0 aromatic carbocycles. The summed E-state index contributed by atoms with van der Waals surface area (Å²) >= 11 is 0. The number of aromatic amines is 1. The van der Waals surface area contributed by atoms with Crippen LogP contribution in [-0.4, -0.2) is 16.7 Å². The second-order valence-corrected chi connectivity index (χ2v) is 3.65. The van der Waals surface area contributed by atoms with Crippen molar-refractivity contribution in [3.05, 3.63) is 17.5 Å². The summed E-state index contributed by atoms with van der Waals surface area (Å²) in [4.78, 5) is 0. The molecule has 0 unspecified atom stereocenters. The van der Waals surface area contributed by atoms with Gasteiger partial charge in [0.25, 0.3) is 0 Å². The highest BCUT2D eigenvalue weighted by Gasteiger charge is 2.03. The Morgan fingerprint density at radius 3 is 2.85 bits per heavy atom. The lowest BCUT2D eigenvalue weighted by Crippen LogP contribution is -2.13. The SMILES string of the molecule is CCCNCc1cc(C(C)C)n[nH]1. The van der Waals surface area contributed by atoms with Crippen LogP contribution in [0.2, 0.25) is 0 Å². The van der Waals surface area contributed by atoms with Gasteiger partial charge < -0.3 is 5.32 Å². The van der Waals surface area contributed by atoms with Gasteiger partial charge in [-0.3, -0.25) is 5.10 Å². The molecule has 1 aromatic rings. The van der Waals surface area contributed by atoms with Gasteiger partial charge in [-0.1, -0.05) is 20.8 Å². The first kappa shape index (κ1) is 10.3. The van der Waals surface area contributed by atoms with Gasteiger partial charge in [-0.2, -0.15) is 5.10 Å². The molecule has 0 aliphatic carbocycles. The van der Waals surface area contributed by atoms with Gasteiger partial charge in [0.15, 0.2) is 0 Å². The molecule has 0 atom stereocenters. The number of hydrogen-bond donors (Lipinski definition) is 2. The lowest BCUT2D eigenvalue weighted by atomic mass is 10.1. The van der Waals surface area contributed by atoms with Crippen LogP contribution >= 0.6 is 0 Å². The zero-order valence-corrected chi connectivity index (χ0v) is 8.72. The molecule has 1 heterocycles. The van der Waals surface area contributed by atoms with Crippen LogP contribution in [0.4, 0.5) is 0 Å². The topological polar surface area (TPSA) is 40.7 Å².